The zero-order valence-electron chi connectivity index (χ0n) is 12.5. The molecule has 0 aliphatic carbocycles. The van der Waals surface area contributed by atoms with Crippen molar-refractivity contribution in [2.75, 3.05) is 19.7 Å². The van der Waals surface area contributed by atoms with Crippen LogP contribution in [-0.2, 0) is 16.1 Å². The summed E-state index contributed by atoms with van der Waals surface area (Å²) in [6, 6.07) is 10.1. The van der Waals surface area contributed by atoms with Gasteiger partial charge in [-0.25, -0.2) is 4.98 Å². The summed E-state index contributed by atoms with van der Waals surface area (Å²) in [5.74, 6) is -0.0683. The van der Waals surface area contributed by atoms with Crippen LogP contribution < -0.4 is 10.6 Å². The highest BCUT2D eigenvalue weighted by Crippen LogP contribution is 2.27. The van der Waals surface area contributed by atoms with Crippen molar-refractivity contribution in [1.82, 2.24) is 15.6 Å². The molecule has 2 aromatic rings. The van der Waals surface area contributed by atoms with Crippen molar-refractivity contribution in [1.29, 1.82) is 0 Å². The zero-order valence-corrected chi connectivity index (χ0v) is 13.3. The van der Waals surface area contributed by atoms with E-state index in [-0.39, 0.29) is 5.91 Å². The van der Waals surface area contributed by atoms with Crippen LogP contribution in [0.5, 0.6) is 0 Å². The molecule has 1 atom stereocenters. The number of amides is 1. The van der Waals surface area contributed by atoms with Crippen molar-refractivity contribution in [3.05, 3.63) is 40.9 Å². The minimum absolute atomic E-state index is 0.0683. The van der Waals surface area contributed by atoms with Gasteiger partial charge in [-0.3, -0.25) is 4.79 Å². The number of thiazole rings is 1. The summed E-state index contributed by atoms with van der Waals surface area (Å²) in [5.41, 5.74) is 2.07. The first kappa shape index (κ1) is 15.1. The van der Waals surface area contributed by atoms with Gasteiger partial charge in [0.15, 0.2) is 0 Å². The number of nitrogens with zero attached hydrogens (tertiary/aromatic N) is 1. The van der Waals surface area contributed by atoms with Crippen LogP contribution >= 0.6 is 11.3 Å². The normalized spacial score (nSPS) is 18.1. The SMILES string of the molecule is Cc1nc(-c2ccccc2)sc1CNC(=O)C1CNCCO1. The fourth-order valence-corrected chi connectivity index (χ4v) is 3.32. The molecule has 0 saturated carbocycles. The molecule has 1 aromatic carbocycles. The van der Waals surface area contributed by atoms with Crippen molar-refractivity contribution >= 4 is 17.2 Å². The Morgan fingerprint density at radius 1 is 1.45 bits per heavy atom. The van der Waals surface area contributed by atoms with Crippen molar-refractivity contribution in [3.8, 4) is 10.6 Å². The lowest BCUT2D eigenvalue weighted by Gasteiger charge is -2.22. The Morgan fingerprint density at radius 3 is 3.00 bits per heavy atom. The second-order valence-corrected chi connectivity index (χ2v) is 6.26. The summed E-state index contributed by atoms with van der Waals surface area (Å²) < 4.78 is 5.45. The molecule has 1 aromatic heterocycles. The molecule has 1 saturated heterocycles. The highest BCUT2D eigenvalue weighted by molar-refractivity contribution is 7.15. The molecule has 0 spiro atoms. The Labute approximate surface area is 133 Å². The van der Waals surface area contributed by atoms with Gasteiger partial charge in [0.2, 0.25) is 0 Å². The largest absolute Gasteiger partial charge is 0.366 e. The first-order chi connectivity index (χ1) is 10.7. The van der Waals surface area contributed by atoms with Crippen molar-refractivity contribution in [2.24, 2.45) is 0 Å². The Balaban J connectivity index is 1.63. The number of morpholine rings is 1. The van der Waals surface area contributed by atoms with Crippen LogP contribution in [0.1, 0.15) is 10.6 Å². The van der Waals surface area contributed by atoms with Gasteiger partial charge in [0.25, 0.3) is 5.91 Å². The molecule has 2 N–H and O–H groups in total. The monoisotopic (exact) mass is 317 g/mol. The number of ether oxygens (including phenoxy) is 1. The van der Waals surface area contributed by atoms with Gasteiger partial charge in [-0.2, -0.15) is 0 Å². The maximum atomic E-state index is 12.1. The lowest BCUT2D eigenvalue weighted by atomic mass is 10.2. The minimum Gasteiger partial charge on any atom is -0.366 e. The third kappa shape index (κ3) is 3.52. The second kappa shape index (κ2) is 7.00. The summed E-state index contributed by atoms with van der Waals surface area (Å²) in [4.78, 5) is 17.7. The van der Waals surface area contributed by atoms with Gasteiger partial charge in [-0.15, -0.1) is 11.3 Å². The molecule has 1 unspecified atom stereocenters. The molecule has 1 amide bonds. The predicted molar refractivity (Wildman–Crippen MR) is 86.7 cm³/mol. The van der Waals surface area contributed by atoms with E-state index in [2.05, 4.69) is 15.6 Å². The molecule has 2 heterocycles. The molecule has 22 heavy (non-hydrogen) atoms. The van der Waals surface area contributed by atoms with Crippen LogP contribution in [-0.4, -0.2) is 36.7 Å². The second-order valence-electron chi connectivity index (χ2n) is 5.17. The number of carbonyl (C=O) groups excluding carboxylic acids is 1. The molecular weight excluding hydrogens is 298 g/mol. The van der Waals surface area contributed by atoms with E-state index in [1.54, 1.807) is 11.3 Å². The number of aromatic nitrogens is 1. The molecule has 1 aliphatic rings. The maximum Gasteiger partial charge on any atom is 0.250 e. The summed E-state index contributed by atoms with van der Waals surface area (Å²) in [7, 11) is 0. The maximum absolute atomic E-state index is 12.1. The Bertz CT molecular complexity index is 636. The number of hydrogen-bond donors (Lipinski definition) is 2. The molecule has 0 radical (unpaired) electrons. The van der Waals surface area contributed by atoms with E-state index in [9.17, 15) is 4.79 Å². The Hall–Kier alpha value is -1.76. The Morgan fingerprint density at radius 2 is 2.27 bits per heavy atom. The molecule has 116 valence electrons. The van der Waals surface area contributed by atoms with Crippen LogP contribution in [0.15, 0.2) is 30.3 Å². The minimum atomic E-state index is -0.393. The topological polar surface area (TPSA) is 63.2 Å². The predicted octanol–water partition coefficient (Wildman–Crippen LogP) is 1.72. The van der Waals surface area contributed by atoms with E-state index in [0.29, 0.717) is 19.7 Å². The molecule has 5 nitrogen and oxygen atoms in total. The fraction of sp³-hybridized carbons (Fsp3) is 0.375. The van der Waals surface area contributed by atoms with Crippen LogP contribution in [0, 0.1) is 6.92 Å². The molecular formula is C16H19N3O2S. The quantitative estimate of drug-likeness (QED) is 0.901. The van der Waals surface area contributed by atoms with E-state index in [0.717, 1.165) is 27.7 Å². The average Bonchev–Trinajstić information content (AvgIpc) is 2.95. The number of benzene rings is 1. The van der Waals surface area contributed by atoms with Gasteiger partial charge in [-0.05, 0) is 6.92 Å². The van der Waals surface area contributed by atoms with Gasteiger partial charge in [0.05, 0.1) is 18.8 Å². The number of rotatable bonds is 4. The van der Waals surface area contributed by atoms with E-state index in [1.165, 1.54) is 0 Å². The van der Waals surface area contributed by atoms with Crippen LogP contribution in [0.3, 0.4) is 0 Å². The van der Waals surface area contributed by atoms with Crippen LogP contribution in [0.4, 0.5) is 0 Å². The average molecular weight is 317 g/mol. The fourth-order valence-electron chi connectivity index (χ4n) is 2.31. The molecule has 6 heteroatoms. The first-order valence-corrected chi connectivity index (χ1v) is 8.17. The van der Waals surface area contributed by atoms with E-state index >= 15 is 0 Å². The van der Waals surface area contributed by atoms with Crippen molar-refractivity contribution in [2.45, 2.75) is 19.6 Å². The number of aryl methyl sites for hydroxylation is 1. The smallest absolute Gasteiger partial charge is 0.250 e. The molecule has 0 bridgehead atoms. The zero-order chi connectivity index (χ0) is 15.4. The third-order valence-electron chi connectivity index (χ3n) is 3.56. The van der Waals surface area contributed by atoms with Gasteiger partial charge in [0.1, 0.15) is 11.1 Å². The lowest BCUT2D eigenvalue weighted by Crippen LogP contribution is -2.47. The highest BCUT2D eigenvalue weighted by atomic mass is 32.1. The van der Waals surface area contributed by atoms with Gasteiger partial charge in [0, 0.05) is 23.5 Å². The standard InChI is InChI=1S/C16H19N3O2S/c1-11-14(10-18-15(20)13-9-17-7-8-21-13)22-16(19-11)12-5-3-2-4-6-12/h2-6,13,17H,7-10H2,1H3,(H,18,20). The first-order valence-electron chi connectivity index (χ1n) is 7.36. The van der Waals surface area contributed by atoms with Gasteiger partial charge in [-0.1, -0.05) is 30.3 Å². The summed E-state index contributed by atoms with van der Waals surface area (Å²) in [6.45, 7) is 4.43. The van der Waals surface area contributed by atoms with Crippen molar-refractivity contribution < 1.29 is 9.53 Å². The number of carbonyl (C=O) groups is 1. The molecule has 3 rings (SSSR count). The molecule has 1 aliphatic heterocycles. The number of nitrogens with one attached hydrogen (secondary N) is 2. The van der Waals surface area contributed by atoms with E-state index in [4.69, 9.17) is 4.74 Å². The number of hydrogen-bond acceptors (Lipinski definition) is 5. The summed E-state index contributed by atoms with van der Waals surface area (Å²) in [5, 5.41) is 7.08. The summed E-state index contributed by atoms with van der Waals surface area (Å²) >= 11 is 1.62. The van der Waals surface area contributed by atoms with E-state index < -0.39 is 6.10 Å². The van der Waals surface area contributed by atoms with Crippen LogP contribution in [0.2, 0.25) is 0 Å². The summed E-state index contributed by atoms with van der Waals surface area (Å²) in [6.07, 6.45) is -0.393. The van der Waals surface area contributed by atoms with Gasteiger partial charge >= 0.3 is 0 Å². The third-order valence-corrected chi connectivity index (χ3v) is 4.76. The lowest BCUT2D eigenvalue weighted by molar-refractivity contribution is -0.134. The molecule has 1 fully saturated rings. The highest BCUT2D eigenvalue weighted by Gasteiger charge is 2.21. The van der Waals surface area contributed by atoms with Gasteiger partial charge < -0.3 is 15.4 Å². The van der Waals surface area contributed by atoms with E-state index in [1.807, 2.05) is 37.3 Å². The van der Waals surface area contributed by atoms with Crippen molar-refractivity contribution in [3.63, 3.8) is 0 Å². The van der Waals surface area contributed by atoms with Crippen LogP contribution in [0.25, 0.3) is 10.6 Å². The Kier molecular flexibility index (Phi) is 4.82.